The van der Waals surface area contributed by atoms with Gasteiger partial charge in [-0.2, -0.15) is 0 Å². The average Bonchev–Trinajstić information content (AvgIpc) is 2.97. The molecule has 2 amide bonds. The van der Waals surface area contributed by atoms with Crippen molar-refractivity contribution in [3.63, 3.8) is 0 Å². The number of hydrogen-bond donors (Lipinski definition) is 1. The van der Waals surface area contributed by atoms with E-state index in [1.165, 1.54) is 4.90 Å². The van der Waals surface area contributed by atoms with Gasteiger partial charge in [-0.3, -0.25) is 9.59 Å². The number of carbonyl (C=O) groups is 2. The first-order valence-corrected chi connectivity index (χ1v) is 10.0. The number of nitrogens with zero attached hydrogens (tertiary/aromatic N) is 1. The van der Waals surface area contributed by atoms with E-state index in [4.69, 9.17) is 0 Å². The highest BCUT2D eigenvalue weighted by Gasteiger charge is 2.46. The first-order chi connectivity index (χ1) is 12.5. The minimum atomic E-state index is -0.802. The van der Waals surface area contributed by atoms with Crippen molar-refractivity contribution >= 4 is 23.6 Å². The van der Waals surface area contributed by atoms with E-state index >= 15 is 0 Å². The summed E-state index contributed by atoms with van der Waals surface area (Å²) in [5, 5.41) is 3.00. The van der Waals surface area contributed by atoms with Crippen LogP contribution in [-0.2, 0) is 22.7 Å². The number of nitrogens with one attached hydrogen (secondary N) is 1. The lowest BCUT2D eigenvalue weighted by atomic mass is 9.97. The van der Waals surface area contributed by atoms with Gasteiger partial charge in [-0.25, -0.2) is 0 Å². The fourth-order valence-corrected chi connectivity index (χ4v) is 3.68. The number of likely N-dealkylation sites (tertiary alicyclic amines) is 1. The predicted molar refractivity (Wildman–Crippen MR) is 105 cm³/mol. The normalized spacial score (nSPS) is 19.6. The maximum absolute atomic E-state index is 12.9. The highest BCUT2D eigenvalue weighted by atomic mass is 32.2. The molecule has 1 aliphatic rings. The topological polar surface area (TPSA) is 49.4 Å². The van der Waals surface area contributed by atoms with Crippen LogP contribution in [0.25, 0.3) is 0 Å². The van der Waals surface area contributed by atoms with Crippen LogP contribution in [0.2, 0.25) is 0 Å². The molecule has 1 heterocycles. The summed E-state index contributed by atoms with van der Waals surface area (Å²) in [6, 6.07) is 18.0. The Morgan fingerprint density at radius 2 is 1.81 bits per heavy atom. The van der Waals surface area contributed by atoms with Crippen LogP contribution >= 0.6 is 11.8 Å². The Kier molecular flexibility index (Phi) is 5.67. The molecule has 5 heteroatoms. The van der Waals surface area contributed by atoms with Crippen molar-refractivity contribution in [2.75, 3.05) is 6.26 Å². The van der Waals surface area contributed by atoms with E-state index in [0.29, 0.717) is 25.9 Å². The Hall–Kier alpha value is -2.27. The Morgan fingerprint density at radius 3 is 2.46 bits per heavy atom. The quantitative estimate of drug-likeness (QED) is 0.793. The van der Waals surface area contributed by atoms with Crippen LogP contribution in [0, 0.1) is 0 Å². The number of rotatable bonds is 6. The van der Waals surface area contributed by atoms with E-state index in [9.17, 15) is 9.59 Å². The Balaban J connectivity index is 1.70. The van der Waals surface area contributed by atoms with E-state index in [1.807, 2.05) is 67.8 Å². The Morgan fingerprint density at radius 1 is 1.12 bits per heavy atom. The molecule has 0 saturated carbocycles. The molecule has 1 fully saturated rings. The highest BCUT2D eigenvalue weighted by Crippen LogP contribution is 2.32. The van der Waals surface area contributed by atoms with Crippen molar-refractivity contribution in [3.05, 3.63) is 65.7 Å². The molecule has 0 spiro atoms. The molecule has 1 aliphatic heterocycles. The molecule has 136 valence electrons. The van der Waals surface area contributed by atoms with E-state index < -0.39 is 5.54 Å². The summed E-state index contributed by atoms with van der Waals surface area (Å²) < 4.78 is 0. The summed E-state index contributed by atoms with van der Waals surface area (Å²) in [7, 11) is 0. The molecule has 26 heavy (non-hydrogen) atoms. The molecule has 0 radical (unpaired) electrons. The third-order valence-corrected chi connectivity index (χ3v) is 5.75. The summed E-state index contributed by atoms with van der Waals surface area (Å²) in [5.41, 5.74) is 1.29. The second kappa shape index (κ2) is 7.96. The standard InChI is InChI=1S/C21H24N2O2S/c1-21(20(25)22-14-16-6-4-3-5-7-16)13-12-19(24)23(21)15-17-8-10-18(26-2)11-9-17/h3-11H,12-15H2,1-2H3,(H,22,25)/t21-/m1/s1. The highest BCUT2D eigenvalue weighted by molar-refractivity contribution is 7.98. The fraction of sp³-hybridized carbons (Fsp3) is 0.333. The number of amides is 2. The lowest BCUT2D eigenvalue weighted by Gasteiger charge is -2.34. The monoisotopic (exact) mass is 368 g/mol. The Bertz CT molecular complexity index is 776. The van der Waals surface area contributed by atoms with Crippen molar-refractivity contribution in [2.45, 2.75) is 43.3 Å². The summed E-state index contributed by atoms with van der Waals surface area (Å²) in [5.74, 6) is -0.0516. The van der Waals surface area contributed by atoms with Gasteiger partial charge in [0, 0.05) is 24.4 Å². The van der Waals surface area contributed by atoms with Crippen molar-refractivity contribution in [3.8, 4) is 0 Å². The van der Waals surface area contributed by atoms with E-state index in [-0.39, 0.29) is 11.8 Å². The van der Waals surface area contributed by atoms with Crippen LogP contribution in [0.1, 0.15) is 30.9 Å². The SMILES string of the molecule is CSc1ccc(CN2C(=O)CC[C@]2(C)C(=O)NCc2ccccc2)cc1. The maximum Gasteiger partial charge on any atom is 0.245 e. The lowest BCUT2D eigenvalue weighted by Crippen LogP contribution is -2.53. The average molecular weight is 369 g/mol. The molecule has 0 aromatic heterocycles. The van der Waals surface area contributed by atoms with Gasteiger partial charge in [-0.1, -0.05) is 42.5 Å². The fourth-order valence-electron chi connectivity index (χ4n) is 3.28. The smallest absolute Gasteiger partial charge is 0.245 e. The van der Waals surface area contributed by atoms with Crippen LogP contribution in [0.3, 0.4) is 0 Å². The third-order valence-electron chi connectivity index (χ3n) is 5.01. The van der Waals surface area contributed by atoms with Gasteiger partial charge in [0.05, 0.1) is 0 Å². The number of hydrogen-bond acceptors (Lipinski definition) is 3. The van der Waals surface area contributed by atoms with Crippen LogP contribution in [0.4, 0.5) is 0 Å². The van der Waals surface area contributed by atoms with Crippen LogP contribution < -0.4 is 5.32 Å². The minimum absolute atomic E-state index is 0.0382. The van der Waals surface area contributed by atoms with Gasteiger partial charge in [0.15, 0.2) is 0 Å². The molecule has 2 aromatic rings. The molecule has 0 bridgehead atoms. The molecule has 2 aromatic carbocycles. The summed E-state index contributed by atoms with van der Waals surface area (Å²) in [4.78, 5) is 28.2. The maximum atomic E-state index is 12.9. The van der Waals surface area contributed by atoms with Gasteiger partial charge < -0.3 is 10.2 Å². The summed E-state index contributed by atoms with van der Waals surface area (Å²) in [6.07, 6.45) is 3.00. The van der Waals surface area contributed by atoms with E-state index in [0.717, 1.165) is 11.1 Å². The van der Waals surface area contributed by atoms with Crippen molar-refractivity contribution < 1.29 is 9.59 Å². The first-order valence-electron chi connectivity index (χ1n) is 8.78. The van der Waals surface area contributed by atoms with E-state index in [1.54, 1.807) is 16.7 Å². The second-order valence-electron chi connectivity index (χ2n) is 6.77. The van der Waals surface area contributed by atoms with Gasteiger partial charge in [0.1, 0.15) is 5.54 Å². The molecular formula is C21H24N2O2S. The van der Waals surface area contributed by atoms with Crippen molar-refractivity contribution in [1.82, 2.24) is 10.2 Å². The largest absolute Gasteiger partial charge is 0.350 e. The number of thioether (sulfide) groups is 1. The van der Waals surface area contributed by atoms with Crippen molar-refractivity contribution in [2.24, 2.45) is 0 Å². The lowest BCUT2D eigenvalue weighted by molar-refractivity contribution is -0.141. The molecule has 1 saturated heterocycles. The summed E-state index contributed by atoms with van der Waals surface area (Å²) in [6.45, 7) is 2.80. The minimum Gasteiger partial charge on any atom is -0.350 e. The van der Waals surface area contributed by atoms with E-state index in [2.05, 4.69) is 5.32 Å². The van der Waals surface area contributed by atoms with Gasteiger partial charge in [-0.15, -0.1) is 11.8 Å². The van der Waals surface area contributed by atoms with Gasteiger partial charge in [0.2, 0.25) is 11.8 Å². The number of benzene rings is 2. The first kappa shape index (κ1) is 18.5. The zero-order chi connectivity index (χ0) is 18.6. The second-order valence-corrected chi connectivity index (χ2v) is 7.65. The van der Waals surface area contributed by atoms with Gasteiger partial charge in [-0.05, 0) is 42.9 Å². The molecule has 0 aliphatic carbocycles. The van der Waals surface area contributed by atoms with Crippen LogP contribution in [0.5, 0.6) is 0 Å². The predicted octanol–water partition coefficient (Wildman–Crippen LogP) is 3.61. The molecule has 1 atom stereocenters. The zero-order valence-corrected chi connectivity index (χ0v) is 16.0. The molecule has 3 rings (SSSR count). The van der Waals surface area contributed by atoms with Crippen LogP contribution in [0.15, 0.2) is 59.5 Å². The van der Waals surface area contributed by atoms with Crippen molar-refractivity contribution in [1.29, 1.82) is 0 Å². The molecule has 1 N–H and O–H groups in total. The van der Waals surface area contributed by atoms with Crippen LogP contribution in [-0.4, -0.2) is 28.5 Å². The molecule has 4 nitrogen and oxygen atoms in total. The van der Waals surface area contributed by atoms with Gasteiger partial charge in [0.25, 0.3) is 0 Å². The third kappa shape index (κ3) is 3.93. The molecule has 0 unspecified atom stereocenters. The zero-order valence-electron chi connectivity index (χ0n) is 15.2. The Labute approximate surface area is 159 Å². The molecular weight excluding hydrogens is 344 g/mol. The summed E-state index contributed by atoms with van der Waals surface area (Å²) >= 11 is 1.69. The number of carbonyl (C=O) groups excluding carboxylic acids is 2. The van der Waals surface area contributed by atoms with Gasteiger partial charge >= 0.3 is 0 Å².